The SMILES string of the molecule is CC[C@H](C)[C@H](NC(=O)[C@H](CCCN=C(N)N)NC(=O)[C@H]1CNC(=O)[C@H](CC(C)C)NC(=O)[C@@H](Cc2ccccc2)NC(=O)[C@@H](NC(=O)CNC(=O)[C@@H](N)Cc2ccc(O)cc2)CC(=O)N1)C(=O)N[C@@H](CCCN=C(N)N)C(=O)N1CCC[C@H]1C(=O)N[C@@H](CCCCN)C(=O)N[C@@H](CC(C)C)C(=O)N[C@@H](CCCCN)C(=O)O. The number of phenols is 1. The molecule has 0 unspecified atom stereocenters. The second-order valence-corrected chi connectivity index (χ2v) is 29.1. The van der Waals surface area contributed by atoms with Gasteiger partial charge in [0.05, 0.1) is 19.0 Å². The van der Waals surface area contributed by atoms with Crippen molar-refractivity contribution in [2.75, 3.05) is 45.8 Å². The maximum Gasteiger partial charge on any atom is 0.326 e. The minimum atomic E-state index is -1.82. The molecule has 28 N–H and O–H groups in total. The van der Waals surface area contributed by atoms with Crippen LogP contribution >= 0.6 is 0 Å². The molecule has 2 saturated heterocycles. The van der Waals surface area contributed by atoms with Crippen LogP contribution in [0.3, 0.4) is 0 Å². The molecule has 4 rings (SSSR count). The molecule has 0 aromatic heterocycles. The van der Waals surface area contributed by atoms with Gasteiger partial charge in [-0.05, 0) is 150 Å². The molecular weight excluding hydrogens is 1450 g/mol. The van der Waals surface area contributed by atoms with Crippen molar-refractivity contribution in [3.05, 3.63) is 65.7 Å². The summed E-state index contributed by atoms with van der Waals surface area (Å²) in [6.45, 7) is 9.56. The van der Waals surface area contributed by atoms with Gasteiger partial charge < -0.3 is 119 Å². The van der Waals surface area contributed by atoms with Crippen molar-refractivity contribution >= 4 is 94.7 Å². The Labute approximate surface area is 652 Å². The normalized spacial score (nSPS) is 18.9. The number of carboxylic acids is 1. The summed E-state index contributed by atoms with van der Waals surface area (Å²) in [5.74, 6) is -14.4. The van der Waals surface area contributed by atoms with E-state index in [2.05, 4.69) is 73.8 Å². The van der Waals surface area contributed by atoms with E-state index in [9.17, 15) is 72.5 Å². The first-order chi connectivity index (χ1) is 53.1. The summed E-state index contributed by atoms with van der Waals surface area (Å²) in [6.07, 6.45) is 1.39. The minimum absolute atomic E-state index is 0.00446. The number of unbranched alkanes of at least 4 members (excludes halogenated alkanes) is 2. The molecule has 13 atom stereocenters. The van der Waals surface area contributed by atoms with Gasteiger partial charge in [-0.15, -0.1) is 0 Å². The van der Waals surface area contributed by atoms with Gasteiger partial charge >= 0.3 is 5.97 Å². The molecule has 0 bridgehead atoms. The predicted molar refractivity (Wildman–Crippen MR) is 416 cm³/mol. The van der Waals surface area contributed by atoms with Crippen LogP contribution in [0.5, 0.6) is 5.75 Å². The molecule has 0 radical (unpaired) electrons. The van der Waals surface area contributed by atoms with Crippen molar-refractivity contribution in [2.24, 2.45) is 67.9 Å². The number of aliphatic imine (C=N–C) groups is 2. The highest BCUT2D eigenvalue weighted by Gasteiger charge is 2.42. The first kappa shape index (κ1) is 93.6. The largest absolute Gasteiger partial charge is 0.508 e. The molecule has 0 aliphatic carbocycles. The zero-order valence-electron chi connectivity index (χ0n) is 65.0. The number of aliphatic carboxylic acids is 1. The Bertz CT molecular complexity index is 3520. The molecule has 0 spiro atoms. The average Bonchev–Trinajstić information content (AvgIpc) is 1.61. The number of nitrogens with zero attached hydrogens (tertiary/aromatic N) is 3. The standard InChI is InChI=1S/C74H120N22O16/c1-7-43(6)60(70(109)90-50(23-16-32-83-74(80)81)71(110)96-33-17-24-57(96)69(108)89-48(20-11-13-29-75)63(102)93-53(35-42(4)5)65(104)91-51(72(111)112)21-12-14-30-76)95-64(103)49(22-15-31-82-73(78)79)88-68(107)56-39-84-62(101)52(34-41(2)3)92-66(105)54(37-44-18-9-8-10-19-44)94-67(106)55(38-58(98)87-56)86-59(99)40-85-61(100)47(77)36-45-25-27-46(97)28-26-45/h8-10,18-19,25-28,41-43,47-57,60,97H,7,11-17,20-24,29-40,75-77H2,1-6H3,(H,84,101)(H,85,100)(H,86,99)(H,87,98)(H,88,107)(H,89,108)(H,90,109)(H,91,104)(H,92,105)(H,93,102)(H,94,106)(H,95,103)(H,111,112)(H4,78,79,82)(H4,80,81,83)/t43-,47-,48-,49-,50-,51-,52-,53-,54+,55-,56+,57-,60-/m0/s1. The number of guanidine groups is 2. The van der Waals surface area contributed by atoms with E-state index in [0.29, 0.717) is 49.8 Å². The molecule has 0 saturated carbocycles. The van der Waals surface area contributed by atoms with E-state index < -0.39 is 181 Å². The van der Waals surface area contributed by atoms with Crippen molar-refractivity contribution in [1.82, 2.24) is 68.7 Å². The molecular formula is C74H120N22O16. The molecule has 13 amide bonds. The Balaban J connectivity index is 1.69. The molecule has 2 fully saturated rings. The van der Waals surface area contributed by atoms with E-state index in [1.165, 1.54) is 17.0 Å². The Hall–Kier alpha value is -10.8. The number of carbonyl (C=O) groups is 14. The highest BCUT2D eigenvalue weighted by atomic mass is 16.4. The summed E-state index contributed by atoms with van der Waals surface area (Å²) in [7, 11) is 0. The molecule has 38 nitrogen and oxygen atoms in total. The van der Waals surface area contributed by atoms with Crippen molar-refractivity contribution < 1.29 is 77.3 Å². The van der Waals surface area contributed by atoms with Crippen molar-refractivity contribution in [3.63, 3.8) is 0 Å². The molecule has 622 valence electrons. The third-order valence-electron chi connectivity index (χ3n) is 18.8. The summed E-state index contributed by atoms with van der Waals surface area (Å²) < 4.78 is 0. The van der Waals surface area contributed by atoms with Gasteiger partial charge in [-0.3, -0.25) is 72.3 Å². The monoisotopic (exact) mass is 1570 g/mol. The van der Waals surface area contributed by atoms with Crippen LogP contribution in [0.2, 0.25) is 0 Å². The number of amides is 13. The number of phenolic OH excluding ortho intramolecular Hbond substituents is 1. The molecule has 2 aliphatic heterocycles. The van der Waals surface area contributed by atoms with E-state index in [4.69, 9.17) is 40.1 Å². The second-order valence-electron chi connectivity index (χ2n) is 29.1. The predicted octanol–water partition coefficient (Wildman–Crippen LogP) is -4.43. The fraction of sp³-hybridized carbons (Fsp3) is 0.622. The number of rotatable bonds is 44. The van der Waals surface area contributed by atoms with Gasteiger partial charge in [-0.1, -0.05) is 90.4 Å². The number of carboxylic acid groups (broad SMARTS) is 1. The van der Waals surface area contributed by atoms with Crippen LogP contribution in [-0.2, 0) is 80.0 Å². The number of hydrogen-bond donors (Lipinski definition) is 21. The third kappa shape index (κ3) is 33.4. The maximum absolute atomic E-state index is 15.1. The van der Waals surface area contributed by atoms with Crippen LogP contribution in [-0.4, -0.2) is 228 Å². The van der Waals surface area contributed by atoms with Crippen LogP contribution in [0.1, 0.15) is 155 Å². The van der Waals surface area contributed by atoms with Crippen molar-refractivity contribution in [2.45, 2.75) is 230 Å². The lowest BCUT2D eigenvalue weighted by atomic mass is 9.96. The summed E-state index contributed by atoms with van der Waals surface area (Å²) in [4.78, 5) is 209. The number of carbonyl (C=O) groups excluding carboxylic acids is 13. The summed E-state index contributed by atoms with van der Waals surface area (Å²) in [6, 6.07) is -2.49. The zero-order valence-corrected chi connectivity index (χ0v) is 65.0. The topological polar surface area (TPSA) is 634 Å². The molecule has 2 aromatic rings. The van der Waals surface area contributed by atoms with Crippen LogP contribution in [0.25, 0.3) is 0 Å². The Morgan fingerprint density at radius 2 is 1.15 bits per heavy atom. The van der Waals surface area contributed by atoms with Gasteiger partial charge in [0.2, 0.25) is 76.8 Å². The number of nitrogens with one attached hydrogen (secondary N) is 12. The van der Waals surface area contributed by atoms with E-state index >= 15 is 4.79 Å². The third-order valence-corrected chi connectivity index (χ3v) is 18.8. The van der Waals surface area contributed by atoms with E-state index in [1.807, 2.05) is 13.8 Å². The van der Waals surface area contributed by atoms with Crippen LogP contribution < -0.4 is 104 Å². The molecule has 2 aromatic carbocycles. The number of benzene rings is 2. The lowest BCUT2D eigenvalue weighted by Gasteiger charge is -2.32. The Morgan fingerprint density at radius 1 is 0.598 bits per heavy atom. The Morgan fingerprint density at radius 3 is 1.73 bits per heavy atom. The molecule has 2 heterocycles. The lowest BCUT2D eigenvalue weighted by molar-refractivity contribution is -0.143. The van der Waals surface area contributed by atoms with Gasteiger partial charge in [0.25, 0.3) is 0 Å². The fourth-order valence-electron chi connectivity index (χ4n) is 12.6. The number of hydrogen-bond acceptors (Lipinski definition) is 20. The zero-order chi connectivity index (χ0) is 83.1. The second kappa shape index (κ2) is 48.8. The van der Waals surface area contributed by atoms with Crippen molar-refractivity contribution in [3.8, 4) is 5.75 Å². The lowest BCUT2D eigenvalue weighted by Crippen LogP contribution is -2.62. The van der Waals surface area contributed by atoms with Crippen molar-refractivity contribution in [1.29, 1.82) is 0 Å². The number of nitrogens with two attached hydrogens (primary N) is 7. The van der Waals surface area contributed by atoms with Crippen LogP contribution in [0, 0.1) is 17.8 Å². The average molecular weight is 1570 g/mol. The molecule has 2 aliphatic rings. The van der Waals surface area contributed by atoms with Gasteiger partial charge in [-0.2, -0.15) is 0 Å². The van der Waals surface area contributed by atoms with Crippen LogP contribution in [0.15, 0.2) is 64.6 Å². The van der Waals surface area contributed by atoms with E-state index in [-0.39, 0.29) is 133 Å². The maximum atomic E-state index is 15.1. The smallest absolute Gasteiger partial charge is 0.326 e. The number of aromatic hydroxyl groups is 1. The number of likely N-dealkylation sites (tertiary alicyclic amines) is 1. The van der Waals surface area contributed by atoms with Gasteiger partial charge in [0.1, 0.15) is 72.2 Å². The summed E-state index contributed by atoms with van der Waals surface area (Å²) in [5, 5.41) is 51.1. The molecule has 112 heavy (non-hydrogen) atoms. The highest BCUT2D eigenvalue weighted by Crippen LogP contribution is 2.22. The van der Waals surface area contributed by atoms with Gasteiger partial charge in [0.15, 0.2) is 11.9 Å². The fourth-order valence-corrected chi connectivity index (χ4v) is 12.6. The minimum Gasteiger partial charge on any atom is -0.508 e. The summed E-state index contributed by atoms with van der Waals surface area (Å²) >= 11 is 0. The van der Waals surface area contributed by atoms with Gasteiger partial charge in [0, 0.05) is 32.6 Å². The quantitative estimate of drug-likeness (QED) is 0.0169. The molecule has 38 heteroatoms. The highest BCUT2D eigenvalue weighted by molar-refractivity contribution is 6.01. The first-order valence-electron chi connectivity index (χ1n) is 38.3. The first-order valence-corrected chi connectivity index (χ1v) is 38.3. The summed E-state index contributed by atoms with van der Waals surface area (Å²) in [5.41, 5.74) is 41.3. The van der Waals surface area contributed by atoms with Crippen LogP contribution in [0.4, 0.5) is 0 Å². The van der Waals surface area contributed by atoms with E-state index in [0.717, 1.165) is 0 Å². The van der Waals surface area contributed by atoms with Gasteiger partial charge in [-0.25, -0.2) is 4.79 Å². The van der Waals surface area contributed by atoms with E-state index in [1.54, 1.807) is 70.2 Å². The Kier molecular flexibility index (Phi) is 40.8.